The van der Waals surface area contributed by atoms with Gasteiger partial charge >= 0.3 is 12.2 Å². The molecule has 2 fully saturated rings. The van der Waals surface area contributed by atoms with E-state index in [2.05, 4.69) is 70.8 Å². The molecule has 0 radical (unpaired) electrons. The van der Waals surface area contributed by atoms with Crippen LogP contribution in [0.3, 0.4) is 0 Å². The lowest BCUT2D eigenvalue weighted by atomic mass is 9.93. The maximum absolute atomic E-state index is 13.9. The molecule has 0 saturated carbocycles. The number of methoxy groups -OCH3 is 2. The molecule has 6 heterocycles. The van der Waals surface area contributed by atoms with Crippen LogP contribution in [0.25, 0.3) is 55.6 Å². The number of hydrogen-bond acceptors (Lipinski definition) is 9. The molecule has 2 aliphatic rings. The van der Waals surface area contributed by atoms with E-state index in [9.17, 15) is 19.2 Å². The highest BCUT2D eigenvalue weighted by molar-refractivity contribution is 6.19. The van der Waals surface area contributed by atoms with Crippen LogP contribution in [0.15, 0.2) is 65.3 Å². The summed E-state index contributed by atoms with van der Waals surface area (Å²) in [5.74, 6) is 1.34. The largest absolute Gasteiger partial charge is 0.456 e. The number of nitrogens with zero attached hydrogens (tertiary/aromatic N) is 4. The Kier molecular flexibility index (Phi) is 11.2. The summed E-state index contributed by atoms with van der Waals surface area (Å²) in [7, 11) is 2.58. The highest BCUT2D eigenvalue weighted by Crippen LogP contribution is 2.44. The highest BCUT2D eigenvalue weighted by Gasteiger charge is 2.42. The van der Waals surface area contributed by atoms with Crippen molar-refractivity contribution in [1.29, 1.82) is 0 Å². The number of H-pyrrole nitrogens is 2. The van der Waals surface area contributed by atoms with Crippen LogP contribution >= 0.6 is 0 Å². The Morgan fingerprint density at radius 2 is 1.10 bits per heavy atom. The van der Waals surface area contributed by atoms with E-state index in [0.29, 0.717) is 24.7 Å². The predicted molar refractivity (Wildman–Crippen MR) is 230 cm³/mol. The van der Waals surface area contributed by atoms with Gasteiger partial charge in [0.2, 0.25) is 11.8 Å². The van der Waals surface area contributed by atoms with Gasteiger partial charge in [-0.05, 0) is 65.3 Å². The Balaban J connectivity index is 1.04. The van der Waals surface area contributed by atoms with E-state index in [1.54, 1.807) is 6.20 Å². The normalized spacial score (nSPS) is 20.2. The molecule has 8 rings (SSSR count). The van der Waals surface area contributed by atoms with E-state index in [1.807, 2.05) is 55.8 Å². The fraction of sp³-hybridized carbons (Fsp3) is 0.435. The number of carbonyl (C=O) groups excluding carboxylic acids is 4. The monoisotopic (exact) mass is 830 g/mol. The Bertz CT molecular complexity index is 2560. The standard InChI is InChI=1S/C46H54N8O7/c1-23(2)39(51-45(57)59-7)43(55)53-21-25(5)17-33(53)41-47-19-31(49-41)28-11-9-27(10-12-28)29-13-14-30(38-36-16-15-35(61-36)37(29)38)32-20-48-42(50-32)34-18-26(6)22-54(34)44(56)40(24(3)4)52-46(58)60-8/h9-16,19-20,23-26,33-34,39-40H,17-18,21-22H2,1-8H3,(H,47,49)(H,48,50)(H,51,57)(H,52,58). The fourth-order valence-electron chi connectivity index (χ4n) is 9.16. The van der Waals surface area contributed by atoms with Crippen molar-refractivity contribution in [3.05, 3.63) is 72.6 Å². The molecular formula is C46H54N8O7. The zero-order valence-electron chi connectivity index (χ0n) is 35.9. The predicted octanol–water partition coefficient (Wildman–Crippen LogP) is 8.05. The van der Waals surface area contributed by atoms with Crippen molar-refractivity contribution >= 4 is 45.9 Å². The summed E-state index contributed by atoms with van der Waals surface area (Å²) in [6, 6.07) is 14.5. The number of fused-ring (bicyclic) bond motifs is 5. The molecular weight excluding hydrogens is 777 g/mol. The van der Waals surface area contributed by atoms with Gasteiger partial charge in [-0.15, -0.1) is 0 Å². The van der Waals surface area contributed by atoms with Crippen molar-refractivity contribution in [1.82, 2.24) is 40.4 Å². The second-order valence-corrected chi connectivity index (χ2v) is 17.4. The third kappa shape index (κ3) is 7.77. The lowest BCUT2D eigenvalue weighted by molar-refractivity contribution is -0.136. The van der Waals surface area contributed by atoms with Crippen LogP contribution in [0.4, 0.5) is 9.59 Å². The molecule has 0 aliphatic carbocycles. The van der Waals surface area contributed by atoms with Crippen LogP contribution in [0.1, 0.15) is 78.1 Å². The Hall–Kier alpha value is -6.38. The summed E-state index contributed by atoms with van der Waals surface area (Å²) in [5, 5.41) is 7.43. The first-order valence-corrected chi connectivity index (χ1v) is 21.0. The minimum absolute atomic E-state index is 0.127. The Morgan fingerprint density at radius 1 is 0.656 bits per heavy atom. The number of furan rings is 2. The second kappa shape index (κ2) is 16.6. The summed E-state index contributed by atoms with van der Waals surface area (Å²) in [6.07, 6.45) is 3.85. The SMILES string of the molecule is COC(=O)NC(C(=O)N1CC(C)CC1c1ncc(-c2ccc(-c3ccc(-c4cnc(C5CC(C)CN5C(=O)C(NC(=O)OC)C(C)C)[nH]4)c4c5ccc(o5)c34)cc2)[nH]1)C(C)C. The van der Waals surface area contributed by atoms with Crippen LogP contribution in [0.2, 0.25) is 0 Å². The molecule has 6 aromatic rings. The number of likely N-dealkylation sites (tertiary alicyclic amines) is 2. The summed E-state index contributed by atoms with van der Waals surface area (Å²) < 4.78 is 15.9. The maximum Gasteiger partial charge on any atom is 0.407 e. The van der Waals surface area contributed by atoms with Gasteiger partial charge in [-0.25, -0.2) is 19.6 Å². The van der Waals surface area contributed by atoms with Gasteiger partial charge in [0, 0.05) is 29.4 Å². The molecule has 15 heteroatoms. The summed E-state index contributed by atoms with van der Waals surface area (Å²) in [6.45, 7) is 13.0. The van der Waals surface area contributed by atoms with Gasteiger partial charge in [0.05, 0.1) is 50.1 Å². The van der Waals surface area contributed by atoms with Gasteiger partial charge in [-0.1, -0.05) is 77.9 Å². The van der Waals surface area contributed by atoms with Gasteiger partial charge < -0.3 is 44.3 Å². The summed E-state index contributed by atoms with van der Waals surface area (Å²) >= 11 is 0. The molecule has 6 unspecified atom stereocenters. The van der Waals surface area contributed by atoms with Crippen molar-refractivity contribution in [3.63, 3.8) is 0 Å². The topological polar surface area (TPSA) is 188 Å². The van der Waals surface area contributed by atoms with E-state index < -0.39 is 24.3 Å². The number of rotatable bonds is 11. The van der Waals surface area contributed by atoms with Crippen LogP contribution < -0.4 is 10.6 Å². The zero-order chi connectivity index (χ0) is 43.3. The van der Waals surface area contributed by atoms with Gasteiger partial charge in [0.1, 0.15) is 34.9 Å². The molecule has 2 bridgehead atoms. The number of hydrogen-bond donors (Lipinski definition) is 4. The first kappa shape index (κ1) is 41.4. The molecule has 4 amide bonds. The van der Waals surface area contributed by atoms with E-state index in [1.165, 1.54) is 14.2 Å². The van der Waals surface area contributed by atoms with E-state index >= 15 is 0 Å². The second-order valence-electron chi connectivity index (χ2n) is 17.4. The number of ether oxygens (including phenoxy) is 2. The van der Waals surface area contributed by atoms with E-state index in [-0.39, 0.29) is 47.6 Å². The molecule has 4 N–H and O–H groups in total. The van der Waals surface area contributed by atoms with Gasteiger partial charge in [0.15, 0.2) is 0 Å². The number of benzene rings is 3. The molecule has 320 valence electrons. The Labute approximate surface area is 354 Å². The van der Waals surface area contributed by atoms with E-state index in [4.69, 9.17) is 23.9 Å². The van der Waals surface area contributed by atoms with Crippen molar-refractivity contribution < 1.29 is 33.1 Å². The minimum atomic E-state index is -0.727. The molecule has 15 nitrogen and oxygen atoms in total. The summed E-state index contributed by atoms with van der Waals surface area (Å²) in [5.41, 5.74) is 7.15. The van der Waals surface area contributed by atoms with Crippen molar-refractivity contribution in [2.24, 2.45) is 23.7 Å². The number of carbonyl (C=O) groups is 4. The van der Waals surface area contributed by atoms with Gasteiger partial charge in [-0.3, -0.25) is 9.59 Å². The van der Waals surface area contributed by atoms with Gasteiger partial charge in [0.25, 0.3) is 0 Å². The Morgan fingerprint density at radius 3 is 1.59 bits per heavy atom. The fourth-order valence-corrected chi connectivity index (χ4v) is 9.16. The van der Waals surface area contributed by atoms with Crippen molar-refractivity contribution in [2.75, 3.05) is 27.3 Å². The van der Waals surface area contributed by atoms with Crippen LogP contribution in [0, 0.1) is 23.7 Å². The molecule has 2 aliphatic heterocycles. The lowest BCUT2D eigenvalue weighted by Gasteiger charge is -2.30. The van der Waals surface area contributed by atoms with E-state index in [0.717, 1.165) is 68.4 Å². The highest BCUT2D eigenvalue weighted by atomic mass is 16.5. The van der Waals surface area contributed by atoms with Crippen LogP contribution in [0.5, 0.6) is 0 Å². The quantitative estimate of drug-likeness (QED) is 0.100. The average Bonchev–Trinajstić information content (AvgIpc) is 4.12. The zero-order valence-corrected chi connectivity index (χ0v) is 35.9. The van der Waals surface area contributed by atoms with Crippen molar-refractivity contribution in [2.45, 2.75) is 78.6 Å². The smallest absolute Gasteiger partial charge is 0.407 e. The molecule has 2 saturated heterocycles. The molecule has 6 atom stereocenters. The number of nitrogens with one attached hydrogen (secondary N) is 4. The van der Waals surface area contributed by atoms with Crippen LogP contribution in [-0.2, 0) is 19.1 Å². The lowest BCUT2D eigenvalue weighted by Crippen LogP contribution is -2.51. The number of amides is 4. The third-order valence-electron chi connectivity index (χ3n) is 12.3. The number of aromatic nitrogens is 4. The number of aromatic amines is 2. The van der Waals surface area contributed by atoms with Gasteiger partial charge in [-0.2, -0.15) is 0 Å². The average molecular weight is 831 g/mol. The first-order valence-electron chi connectivity index (χ1n) is 21.0. The summed E-state index contributed by atoms with van der Waals surface area (Å²) in [4.78, 5) is 72.1. The molecule has 0 spiro atoms. The minimum Gasteiger partial charge on any atom is -0.456 e. The number of alkyl carbamates (subject to hydrolysis) is 2. The molecule has 2 aromatic carbocycles. The third-order valence-corrected chi connectivity index (χ3v) is 12.3. The number of imidazole rings is 2. The van der Waals surface area contributed by atoms with Crippen molar-refractivity contribution in [3.8, 4) is 33.6 Å². The van der Waals surface area contributed by atoms with Crippen LogP contribution in [-0.4, -0.2) is 93.1 Å². The maximum atomic E-state index is 13.9. The molecule has 61 heavy (non-hydrogen) atoms. The first-order chi connectivity index (χ1) is 29.3. The molecule has 4 aromatic heterocycles.